The molecule has 1 aliphatic rings. The molecule has 2 heterocycles. The van der Waals surface area contributed by atoms with Crippen molar-refractivity contribution in [3.63, 3.8) is 0 Å². The predicted molar refractivity (Wildman–Crippen MR) is 55.0 cm³/mol. The van der Waals surface area contributed by atoms with Crippen molar-refractivity contribution in [1.82, 2.24) is 9.88 Å². The number of methoxy groups -OCH3 is 1. The molecule has 1 unspecified atom stereocenters. The van der Waals surface area contributed by atoms with Crippen molar-refractivity contribution in [1.29, 1.82) is 0 Å². The standard InChI is InChI=1S/C10H12N2O4/c1-15-10(14)7-2-3-9(13)12(4-7)8-5-16-6-11-8/h2-4,8,11H,5-6H2,1H3. The molecule has 1 aromatic heterocycles. The molecule has 1 fully saturated rings. The molecule has 1 N–H and O–H groups in total. The summed E-state index contributed by atoms with van der Waals surface area (Å²) >= 11 is 0. The third kappa shape index (κ3) is 1.98. The highest BCUT2D eigenvalue weighted by molar-refractivity contribution is 5.88. The average molecular weight is 224 g/mol. The molecule has 0 aromatic carbocycles. The summed E-state index contributed by atoms with van der Waals surface area (Å²) in [6.45, 7) is 0.810. The number of carbonyl (C=O) groups is 1. The fourth-order valence-corrected chi connectivity index (χ4v) is 1.55. The lowest BCUT2D eigenvalue weighted by Crippen LogP contribution is -2.31. The number of hydrogen-bond donors (Lipinski definition) is 1. The second-order valence-electron chi connectivity index (χ2n) is 3.39. The number of hydrogen-bond acceptors (Lipinski definition) is 5. The molecule has 1 saturated heterocycles. The van der Waals surface area contributed by atoms with Crippen LogP contribution in [0, 0.1) is 0 Å². The molecule has 0 saturated carbocycles. The third-order valence-electron chi connectivity index (χ3n) is 2.39. The first-order valence-corrected chi connectivity index (χ1v) is 4.84. The Morgan fingerprint density at radius 3 is 3.06 bits per heavy atom. The van der Waals surface area contributed by atoms with Gasteiger partial charge in [-0.25, -0.2) is 4.79 Å². The van der Waals surface area contributed by atoms with Gasteiger partial charge in [-0.05, 0) is 6.07 Å². The van der Waals surface area contributed by atoms with Gasteiger partial charge in [-0.2, -0.15) is 0 Å². The van der Waals surface area contributed by atoms with Crippen LogP contribution < -0.4 is 10.9 Å². The highest BCUT2D eigenvalue weighted by atomic mass is 16.5. The molecule has 0 amide bonds. The molecule has 0 spiro atoms. The lowest BCUT2D eigenvalue weighted by Gasteiger charge is -2.12. The minimum atomic E-state index is -0.465. The minimum Gasteiger partial charge on any atom is -0.465 e. The Hall–Kier alpha value is -1.66. The van der Waals surface area contributed by atoms with E-state index < -0.39 is 5.97 Å². The normalized spacial score (nSPS) is 19.7. The maximum absolute atomic E-state index is 11.6. The van der Waals surface area contributed by atoms with Gasteiger partial charge in [-0.15, -0.1) is 0 Å². The van der Waals surface area contributed by atoms with Crippen LogP contribution in [0.1, 0.15) is 16.5 Å². The molecular weight excluding hydrogens is 212 g/mol. The smallest absolute Gasteiger partial charge is 0.339 e. The maximum atomic E-state index is 11.6. The first-order valence-electron chi connectivity index (χ1n) is 4.84. The summed E-state index contributed by atoms with van der Waals surface area (Å²) < 4.78 is 11.1. The van der Waals surface area contributed by atoms with Gasteiger partial charge < -0.3 is 9.47 Å². The van der Waals surface area contributed by atoms with E-state index in [0.29, 0.717) is 18.9 Å². The number of nitrogens with one attached hydrogen (secondary N) is 1. The van der Waals surface area contributed by atoms with Crippen LogP contribution in [-0.2, 0) is 9.47 Å². The molecule has 0 bridgehead atoms. The molecule has 0 radical (unpaired) electrons. The molecular formula is C10H12N2O4. The van der Waals surface area contributed by atoms with Gasteiger partial charge in [-0.1, -0.05) is 0 Å². The van der Waals surface area contributed by atoms with Crippen LogP contribution in [0.5, 0.6) is 0 Å². The van der Waals surface area contributed by atoms with Gasteiger partial charge in [0.15, 0.2) is 0 Å². The van der Waals surface area contributed by atoms with Crippen molar-refractivity contribution in [2.24, 2.45) is 0 Å². The molecule has 86 valence electrons. The van der Waals surface area contributed by atoms with Crippen LogP contribution in [0.15, 0.2) is 23.1 Å². The number of esters is 1. The van der Waals surface area contributed by atoms with Crippen molar-refractivity contribution in [3.8, 4) is 0 Å². The van der Waals surface area contributed by atoms with Crippen LogP contribution >= 0.6 is 0 Å². The second kappa shape index (κ2) is 4.46. The first-order chi connectivity index (χ1) is 7.72. The Bertz CT molecular complexity index is 448. The van der Waals surface area contributed by atoms with E-state index in [1.165, 1.54) is 30.0 Å². The van der Waals surface area contributed by atoms with Gasteiger partial charge in [0.05, 0.1) is 26.0 Å². The average Bonchev–Trinajstić information content (AvgIpc) is 2.82. The van der Waals surface area contributed by atoms with Crippen molar-refractivity contribution < 1.29 is 14.3 Å². The molecule has 0 aliphatic carbocycles. The second-order valence-corrected chi connectivity index (χ2v) is 3.39. The SMILES string of the molecule is COC(=O)c1ccc(=O)n(C2COCN2)c1. The van der Waals surface area contributed by atoms with E-state index >= 15 is 0 Å². The molecule has 16 heavy (non-hydrogen) atoms. The monoisotopic (exact) mass is 224 g/mol. The van der Waals surface area contributed by atoms with E-state index in [9.17, 15) is 9.59 Å². The number of rotatable bonds is 2. The quantitative estimate of drug-likeness (QED) is 0.699. The van der Waals surface area contributed by atoms with E-state index in [1.54, 1.807) is 0 Å². The summed E-state index contributed by atoms with van der Waals surface area (Å²) in [5.41, 5.74) is 0.159. The lowest BCUT2D eigenvalue weighted by molar-refractivity contribution is 0.0599. The molecule has 1 atom stereocenters. The largest absolute Gasteiger partial charge is 0.465 e. The lowest BCUT2D eigenvalue weighted by atomic mass is 10.3. The summed E-state index contributed by atoms with van der Waals surface area (Å²) in [4.78, 5) is 22.9. The fraction of sp³-hybridized carbons (Fsp3) is 0.400. The van der Waals surface area contributed by atoms with E-state index in [-0.39, 0.29) is 11.7 Å². The van der Waals surface area contributed by atoms with E-state index in [0.717, 1.165) is 0 Å². The van der Waals surface area contributed by atoms with Crippen molar-refractivity contribution in [2.75, 3.05) is 20.4 Å². The Balaban J connectivity index is 2.36. The molecule has 6 nitrogen and oxygen atoms in total. The van der Waals surface area contributed by atoms with Crippen LogP contribution in [0.4, 0.5) is 0 Å². The zero-order valence-corrected chi connectivity index (χ0v) is 8.80. The highest BCUT2D eigenvalue weighted by Gasteiger charge is 2.18. The van der Waals surface area contributed by atoms with E-state index in [2.05, 4.69) is 10.1 Å². The fourth-order valence-electron chi connectivity index (χ4n) is 1.55. The predicted octanol–water partition coefficient (Wildman–Crippen LogP) is -0.289. The highest BCUT2D eigenvalue weighted by Crippen LogP contribution is 2.07. The van der Waals surface area contributed by atoms with E-state index in [1.807, 2.05) is 0 Å². The Kier molecular flexibility index (Phi) is 3.02. The first kappa shape index (κ1) is 10.8. The van der Waals surface area contributed by atoms with Crippen LogP contribution in [0.2, 0.25) is 0 Å². The van der Waals surface area contributed by atoms with Gasteiger partial charge in [0.25, 0.3) is 5.56 Å². The summed E-state index contributed by atoms with van der Waals surface area (Å²) in [6.07, 6.45) is 1.25. The number of ether oxygens (including phenoxy) is 2. The minimum absolute atomic E-state index is 0.185. The molecule has 2 rings (SSSR count). The van der Waals surface area contributed by atoms with Crippen molar-refractivity contribution in [3.05, 3.63) is 34.2 Å². The van der Waals surface area contributed by atoms with E-state index in [4.69, 9.17) is 4.74 Å². The summed E-state index contributed by atoms with van der Waals surface area (Å²) in [5.74, 6) is -0.465. The number of aromatic nitrogens is 1. The Morgan fingerprint density at radius 1 is 1.62 bits per heavy atom. The van der Waals surface area contributed by atoms with Gasteiger partial charge in [0, 0.05) is 12.3 Å². The van der Waals surface area contributed by atoms with Crippen LogP contribution in [0.3, 0.4) is 0 Å². The summed E-state index contributed by atoms with van der Waals surface area (Å²) in [7, 11) is 1.30. The van der Waals surface area contributed by atoms with Gasteiger partial charge in [0.1, 0.15) is 6.17 Å². The number of nitrogens with zero attached hydrogens (tertiary/aromatic N) is 1. The topological polar surface area (TPSA) is 69.6 Å². The zero-order valence-electron chi connectivity index (χ0n) is 8.80. The van der Waals surface area contributed by atoms with Crippen molar-refractivity contribution in [2.45, 2.75) is 6.17 Å². The van der Waals surface area contributed by atoms with Gasteiger partial charge in [0.2, 0.25) is 0 Å². The number of pyridine rings is 1. The molecule has 1 aromatic rings. The Labute approximate surface area is 91.8 Å². The Morgan fingerprint density at radius 2 is 2.44 bits per heavy atom. The van der Waals surface area contributed by atoms with Gasteiger partial charge in [-0.3, -0.25) is 14.7 Å². The van der Waals surface area contributed by atoms with Crippen LogP contribution in [-0.4, -0.2) is 31.0 Å². The van der Waals surface area contributed by atoms with Crippen LogP contribution in [0.25, 0.3) is 0 Å². The summed E-state index contributed by atoms with van der Waals surface area (Å²) in [5, 5.41) is 2.99. The zero-order chi connectivity index (χ0) is 11.5. The molecule has 1 aliphatic heterocycles. The summed E-state index contributed by atoms with van der Waals surface area (Å²) in [6, 6.07) is 2.78. The third-order valence-corrected chi connectivity index (χ3v) is 2.39. The number of carbonyl (C=O) groups excluding carboxylic acids is 1. The van der Waals surface area contributed by atoms with Crippen molar-refractivity contribution >= 4 is 5.97 Å². The van der Waals surface area contributed by atoms with Gasteiger partial charge >= 0.3 is 5.97 Å². The maximum Gasteiger partial charge on any atom is 0.339 e. The molecule has 6 heteroatoms.